The van der Waals surface area contributed by atoms with E-state index in [9.17, 15) is 15.0 Å². The lowest BCUT2D eigenvalue weighted by Gasteiger charge is -2.22. The van der Waals surface area contributed by atoms with Crippen molar-refractivity contribution in [2.24, 2.45) is 0 Å². The molecule has 142 valence electrons. The van der Waals surface area contributed by atoms with Gasteiger partial charge < -0.3 is 19.7 Å². The predicted molar refractivity (Wildman–Crippen MR) is 104 cm³/mol. The summed E-state index contributed by atoms with van der Waals surface area (Å²) < 4.78 is 10.6. The first-order chi connectivity index (χ1) is 12.9. The quantitative estimate of drug-likeness (QED) is 0.456. The summed E-state index contributed by atoms with van der Waals surface area (Å²) in [7, 11) is 2.89. The van der Waals surface area contributed by atoms with Crippen molar-refractivity contribution in [1.29, 1.82) is 0 Å². The van der Waals surface area contributed by atoms with Crippen LogP contribution in [0.2, 0.25) is 0 Å². The van der Waals surface area contributed by atoms with Gasteiger partial charge >= 0.3 is 0 Å². The van der Waals surface area contributed by atoms with Gasteiger partial charge in [0.25, 0.3) is 0 Å². The number of aromatic hydroxyl groups is 1. The van der Waals surface area contributed by atoms with Crippen LogP contribution in [0.15, 0.2) is 48.1 Å². The molecule has 0 aliphatic carbocycles. The van der Waals surface area contributed by atoms with Crippen molar-refractivity contribution in [2.45, 2.75) is 20.3 Å². The number of allylic oxidation sites excluding steroid dienone is 3. The molecule has 5 nitrogen and oxygen atoms in total. The molecule has 0 aromatic heterocycles. The summed E-state index contributed by atoms with van der Waals surface area (Å²) in [5, 5.41) is 22.3. The molecule has 0 bridgehead atoms. The molecule has 0 radical (unpaired) electrons. The van der Waals surface area contributed by atoms with E-state index in [1.54, 1.807) is 24.3 Å². The molecule has 0 aliphatic heterocycles. The predicted octanol–water partition coefficient (Wildman–Crippen LogP) is 3.89. The molecule has 0 unspecified atom stereocenters. The maximum Gasteiger partial charge on any atom is 0.188 e. The Morgan fingerprint density at radius 3 is 2.30 bits per heavy atom. The van der Waals surface area contributed by atoms with Gasteiger partial charge in [-0.1, -0.05) is 35.6 Å². The Hall–Kier alpha value is -3.21. The number of methoxy groups -OCH3 is 2. The van der Waals surface area contributed by atoms with E-state index >= 15 is 0 Å². The van der Waals surface area contributed by atoms with Crippen LogP contribution in [0.3, 0.4) is 0 Å². The molecule has 0 spiro atoms. The average molecular weight is 367 g/mol. The zero-order valence-electron chi connectivity index (χ0n) is 15.9. The molecule has 0 saturated heterocycles. The van der Waals surface area contributed by atoms with Crippen molar-refractivity contribution in [3.8, 4) is 23.0 Å². The fraction of sp³-hybridized carbons (Fsp3) is 0.227. The highest BCUT2D eigenvalue weighted by Gasteiger charge is 2.17. The van der Waals surface area contributed by atoms with Gasteiger partial charge in [0.15, 0.2) is 5.78 Å². The third kappa shape index (κ3) is 4.91. The minimum atomic E-state index is -0.453. The van der Waals surface area contributed by atoms with Crippen LogP contribution >= 0.6 is 0 Å². The van der Waals surface area contributed by atoms with Crippen molar-refractivity contribution < 1.29 is 24.5 Å². The van der Waals surface area contributed by atoms with Gasteiger partial charge in [0, 0.05) is 6.07 Å². The Kier molecular flexibility index (Phi) is 6.66. The largest absolute Gasteiger partial charge is 0.872 e. The molecule has 0 saturated carbocycles. The lowest BCUT2D eigenvalue weighted by Crippen LogP contribution is -2.10. The molecule has 2 rings (SSSR count). The Morgan fingerprint density at radius 2 is 1.74 bits per heavy atom. The van der Waals surface area contributed by atoms with Gasteiger partial charge in [0.1, 0.15) is 17.2 Å². The lowest BCUT2D eigenvalue weighted by atomic mass is 9.99. The number of benzene rings is 2. The van der Waals surface area contributed by atoms with E-state index in [1.165, 1.54) is 32.4 Å². The van der Waals surface area contributed by atoms with E-state index in [4.69, 9.17) is 9.47 Å². The molecule has 0 fully saturated rings. The van der Waals surface area contributed by atoms with Gasteiger partial charge in [-0.25, -0.2) is 0 Å². The van der Waals surface area contributed by atoms with Crippen LogP contribution < -0.4 is 14.6 Å². The first-order valence-electron chi connectivity index (χ1n) is 8.47. The van der Waals surface area contributed by atoms with Gasteiger partial charge in [-0.05, 0) is 49.6 Å². The van der Waals surface area contributed by atoms with Crippen LogP contribution in [0.4, 0.5) is 0 Å². The third-order valence-electron chi connectivity index (χ3n) is 4.03. The molecule has 1 N–H and O–H groups in total. The third-order valence-corrected chi connectivity index (χ3v) is 4.03. The first kappa shape index (κ1) is 20.1. The highest BCUT2D eigenvalue weighted by atomic mass is 16.5. The van der Waals surface area contributed by atoms with E-state index < -0.39 is 11.5 Å². The van der Waals surface area contributed by atoms with Gasteiger partial charge in [-0.2, -0.15) is 0 Å². The smallest absolute Gasteiger partial charge is 0.188 e. The molecule has 0 atom stereocenters. The molecular weight excluding hydrogens is 344 g/mol. The van der Waals surface area contributed by atoms with E-state index in [2.05, 4.69) is 0 Å². The molecule has 0 heterocycles. The Labute approximate surface area is 159 Å². The number of carbonyl (C=O) groups excluding carboxylic acids is 1. The van der Waals surface area contributed by atoms with Crippen molar-refractivity contribution in [2.75, 3.05) is 14.2 Å². The van der Waals surface area contributed by atoms with E-state index in [1.807, 2.05) is 19.9 Å². The van der Waals surface area contributed by atoms with Crippen LogP contribution in [-0.2, 0) is 6.42 Å². The zero-order valence-corrected chi connectivity index (χ0v) is 15.9. The highest BCUT2D eigenvalue weighted by Crippen LogP contribution is 2.38. The highest BCUT2D eigenvalue weighted by molar-refractivity contribution is 6.10. The second kappa shape index (κ2) is 8.94. The number of hydrogen-bond acceptors (Lipinski definition) is 5. The van der Waals surface area contributed by atoms with Gasteiger partial charge in [-0.3, -0.25) is 4.79 Å². The number of phenols is 1. The van der Waals surface area contributed by atoms with Crippen molar-refractivity contribution >= 4 is 11.9 Å². The average Bonchev–Trinajstić information content (AvgIpc) is 2.65. The van der Waals surface area contributed by atoms with Crippen LogP contribution in [0, 0.1) is 0 Å². The minimum Gasteiger partial charge on any atom is -0.872 e. The topological polar surface area (TPSA) is 78.8 Å². The van der Waals surface area contributed by atoms with Crippen LogP contribution in [0.25, 0.3) is 6.08 Å². The van der Waals surface area contributed by atoms with Crippen LogP contribution in [0.1, 0.15) is 35.3 Å². The Morgan fingerprint density at radius 1 is 1.11 bits per heavy atom. The summed E-state index contributed by atoms with van der Waals surface area (Å²) in [6.45, 7) is 3.87. The van der Waals surface area contributed by atoms with E-state index in [-0.39, 0.29) is 17.1 Å². The number of carbonyl (C=O) groups is 1. The van der Waals surface area contributed by atoms with Gasteiger partial charge in [0.2, 0.25) is 0 Å². The normalized spacial score (nSPS) is 10.7. The molecule has 2 aromatic carbocycles. The van der Waals surface area contributed by atoms with E-state index in [0.29, 0.717) is 17.7 Å². The molecular formula is C22H23O5-. The molecule has 0 aliphatic rings. The van der Waals surface area contributed by atoms with Crippen LogP contribution in [-0.4, -0.2) is 25.1 Å². The lowest BCUT2D eigenvalue weighted by molar-refractivity contribution is -0.269. The van der Waals surface area contributed by atoms with Crippen molar-refractivity contribution in [3.63, 3.8) is 0 Å². The molecule has 0 amide bonds. The molecule has 27 heavy (non-hydrogen) atoms. The Bertz CT molecular complexity index is 873. The second-order valence-electron chi connectivity index (χ2n) is 6.24. The number of rotatable bonds is 7. The summed E-state index contributed by atoms with van der Waals surface area (Å²) in [6, 6.07) is 7.95. The minimum absolute atomic E-state index is 0.0227. The Balaban J connectivity index is 2.46. The number of ketones is 1. The summed E-state index contributed by atoms with van der Waals surface area (Å²) in [5.41, 5.74) is 2.18. The maximum absolute atomic E-state index is 13.0. The summed E-state index contributed by atoms with van der Waals surface area (Å²) in [4.78, 5) is 12.7. The van der Waals surface area contributed by atoms with Gasteiger partial charge in [0.05, 0.1) is 19.8 Å². The molecule has 5 heteroatoms. The van der Waals surface area contributed by atoms with Crippen LogP contribution in [0.5, 0.6) is 23.0 Å². The number of ether oxygens (including phenoxy) is 2. The summed E-state index contributed by atoms with van der Waals surface area (Å²) in [6.07, 6.45) is 5.19. The number of phenolic OH excluding ortho intramolecular Hbond substituents is 1. The van der Waals surface area contributed by atoms with Gasteiger partial charge in [-0.15, -0.1) is 0 Å². The first-order valence-corrected chi connectivity index (χ1v) is 8.47. The van der Waals surface area contributed by atoms with Crippen molar-refractivity contribution in [3.05, 3.63) is 64.7 Å². The SMILES string of the molecule is COc1cc(OC)c(C(=O)/C=C/c2ccc(O)cc2)c([O-])c1CC=C(C)C. The monoisotopic (exact) mass is 367 g/mol. The number of hydrogen-bond donors (Lipinski definition) is 1. The fourth-order valence-electron chi connectivity index (χ4n) is 2.57. The van der Waals surface area contributed by atoms with E-state index in [0.717, 1.165) is 11.1 Å². The molecule has 2 aromatic rings. The summed E-state index contributed by atoms with van der Waals surface area (Å²) in [5.74, 6) is -0.136. The second-order valence-corrected chi connectivity index (χ2v) is 6.24. The summed E-state index contributed by atoms with van der Waals surface area (Å²) >= 11 is 0. The fourth-order valence-corrected chi connectivity index (χ4v) is 2.57. The van der Waals surface area contributed by atoms with Crippen molar-refractivity contribution in [1.82, 2.24) is 0 Å². The standard InChI is InChI=1S/C22H24O5/c1-14(2)5-11-17-19(26-3)13-20(27-4)21(22(17)25)18(24)12-8-15-6-9-16(23)10-7-15/h5-10,12-13,23,25H,11H2,1-4H3/p-1/b12-8+. The zero-order chi connectivity index (χ0) is 20.0. The maximum atomic E-state index is 13.0.